The van der Waals surface area contributed by atoms with Crippen molar-refractivity contribution in [3.63, 3.8) is 0 Å². The summed E-state index contributed by atoms with van der Waals surface area (Å²) in [6.07, 6.45) is 3.57. The van der Waals surface area contributed by atoms with E-state index >= 15 is 0 Å². The van der Waals surface area contributed by atoms with Gasteiger partial charge in [0.05, 0.1) is 18.1 Å². The summed E-state index contributed by atoms with van der Waals surface area (Å²) in [7, 11) is -1.06. The Balaban J connectivity index is 0.00000225. The van der Waals surface area contributed by atoms with Gasteiger partial charge in [-0.3, -0.25) is 10.1 Å². The number of sulfonamides is 1. The predicted octanol–water partition coefficient (Wildman–Crippen LogP) is 1.93. The van der Waals surface area contributed by atoms with Crippen molar-refractivity contribution in [1.29, 1.82) is 0 Å². The van der Waals surface area contributed by atoms with Gasteiger partial charge in [-0.05, 0) is 37.8 Å². The Hall–Kier alpha value is -1.42. The van der Waals surface area contributed by atoms with Gasteiger partial charge < -0.3 is 10.1 Å². The van der Waals surface area contributed by atoms with Crippen LogP contribution in [-0.4, -0.2) is 49.9 Å². The van der Waals surface area contributed by atoms with Gasteiger partial charge in [-0.25, -0.2) is 8.42 Å². The van der Waals surface area contributed by atoms with E-state index in [1.54, 1.807) is 0 Å². The molecule has 10 heteroatoms. The van der Waals surface area contributed by atoms with Crippen LogP contribution in [-0.2, 0) is 10.0 Å². The normalized spacial score (nSPS) is 25.5. The summed E-state index contributed by atoms with van der Waals surface area (Å²) in [4.78, 5) is 10.3. The van der Waals surface area contributed by atoms with E-state index in [-0.39, 0.29) is 29.1 Å². The second-order valence-corrected chi connectivity index (χ2v) is 8.34. The molecule has 140 valence electrons. The fraction of sp³-hybridized carbons (Fsp3) is 0.600. The summed E-state index contributed by atoms with van der Waals surface area (Å²) in [6.45, 7) is 0. The van der Waals surface area contributed by atoms with Crippen LogP contribution in [0.3, 0.4) is 0 Å². The van der Waals surface area contributed by atoms with Gasteiger partial charge in [-0.2, -0.15) is 4.31 Å². The average molecular weight is 392 g/mol. The minimum atomic E-state index is -3.95. The molecular formula is C15H22ClN3O5S. The highest BCUT2D eigenvalue weighted by Crippen LogP contribution is 2.35. The van der Waals surface area contributed by atoms with E-state index in [0.717, 1.165) is 31.7 Å². The van der Waals surface area contributed by atoms with Crippen LogP contribution in [0.25, 0.3) is 0 Å². The maximum absolute atomic E-state index is 13.0. The van der Waals surface area contributed by atoms with Crippen LogP contribution in [0.4, 0.5) is 5.69 Å². The third kappa shape index (κ3) is 3.74. The van der Waals surface area contributed by atoms with Crippen LogP contribution >= 0.6 is 12.4 Å². The number of nitro benzene ring substituents is 1. The zero-order valence-corrected chi connectivity index (χ0v) is 15.7. The summed E-state index contributed by atoms with van der Waals surface area (Å²) < 4.78 is 32.2. The molecule has 2 unspecified atom stereocenters. The molecule has 0 saturated carbocycles. The number of hydrogen-bond acceptors (Lipinski definition) is 6. The lowest BCUT2D eigenvalue weighted by molar-refractivity contribution is -0.387. The second-order valence-electron chi connectivity index (χ2n) is 6.38. The van der Waals surface area contributed by atoms with E-state index in [1.807, 2.05) is 0 Å². The summed E-state index contributed by atoms with van der Waals surface area (Å²) in [6, 6.07) is 4.34. The number of methoxy groups -OCH3 is 1. The number of ether oxygens (including phenoxy) is 1. The molecule has 2 saturated heterocycles. The smallest absolute Gasteiger partial charge is 0.293 e. The lowest BCUT2D eigenvalue weighted by Crippen LogP contribution is -2.48. The fourth-order valence-electron chi connectivity index (χ4n) is 3.66. The first kappa shape index (κ1) is 19.9. The Morgan fingerprint density at radius 2 is 1.88 bits per heavy atom. The Morgan fingerprint density at radius 3 is 2.40 bits per heavy atom. The third-order valence-electron chi connectivity index (χ3n) is 4.98. The molecule has 8 nitrogen and oxygen atoms in total. The van der Waals surface area contributed by atoms with Crippen molar-refractivity contribution in [3.8, 4) is 5.75 Å². The molecule has 2 aliphatic rings. The molecule has 1 N–H and O–H groups in total. The van der Waals surface area contributed by atoms with Crippen LogP contribution in [0.15, 0.2) is 23.1 Å². The Morgan fingerprint density at radius 1 is 1.28 bits per heavy atom. The molecule has 0 radical (unpaired) electrons. The van der Waals surface area contributed by atoms with Crippen molar-refractivity contribution in [2.75, 3.05) is 14.2 Å². The quantitative estimate of drug-likeness (QED) is 0.607. The van der Waals surface area contributed by atoms with E-state index in [1.165, 1.54) is 30.6 Å². The third-order valence-corrected chi connectivity index (χ3v) is 6.94. The number of nitro groups is 1. The molecule has 2 heterocycles. The van der Waals surface area contributed by atoms with Crippen molar-refractivity contribution in [2.24, 2.45) is 0 Å². The molecule has 2 fully saturated rings. The van der Waals surface area contributed by atoms with Gasteiger partial charge in [0.25, 0.3) is 5.69 Å². The Labute approximate surface area is 153 Å². The highest BCUT2D eigenvalue weighted by molar-refractivity contribution is 7.89. The highest BCUT2D eigenvalue weighted by atomic mass is 35.5. The van der Waals surface area contributed by atoms with Crippen LogP contribution in [0.5, 0.6) is 5.75 Å². The maximum atomic E-state index is 13.0. The molecule has 2 atom stereocenters. The maximum Gasteiger partial charge on any atom is 0.293 e. The van der Waals surface area contributed by atoms with E-state index in [2.05, 4.69) is 5.32 Å². The largest absolute Gasteiger partial charge is 0.497 e. The molecule has 2 aliphatic heterocycles. The SMILES string of the molecule is COc1ccc(S(=O)(=O)N(C)C2CC3CCC(C2)N3)c([N+](=O)[O-])c1.Cl. The predicted molar refractivity (Wildman–Crippen MR) is 94.8 cm³/mol. The molecule has 0 amide bonds. The minimum absolute atomic E-state index is 0. The number of fused-ring (bicyclic) bond motifs is 2. The van der Waals surface area contributed by atoms with Crippen LogP contribution in [0.1, 0.15) is 25.7 Å². The number of nitrogens with zero attached hydrogens (tertiary/aromatic N) is 2. The Bertz CT molecular complexity index is 746. The first-order valence-corrected chi connectivity index (χ1v) is 9.33. The molecule has 0 aromatic heterocycles. The minimum Gasteiger partial charge on any atom is -0.497 e. The summed E-state index contributed by atoms with van der Waals surface area (Å²) in [5.74, 6) is 0.253. The summed E-state index contributed by atoms with van der Waals surface area (Å²) in [5, 5.41) is 14.8. The lowest BCUT2D eigenvalue weighted by Gasteiger charge is -2.34. The first-order chi connectivity index (χ1) is 11.3. The molecule has 25 heavy (non-hydrogen) atoms. The number of hydrogen-bond donors (Lipinski definition) is 1. The van der Waals surface area contributed by atoms with E-state index in [9.17, 15) is 18.5 Å². The summed E-state index contributed by atoms with van der Waals surface area (Å²) in [5.41, 5.74) is -0.460. The van der Waals surface area contributed by atoms with Gasteiger partial charge in [0.1, 0.15) is 5.75 Å². The van der Waals surface area contributed by atoms with E-state index < -0.39 is 20.6 Å². The Kier molecular flexibility index (Phi) is 5.93. The molecule has 0 spiro atoms. The number of halogens is 1. The fourth-order valence-corrected chi connectivity index (χ4v) is 5.17. The number of piperidine rings is 1. The van der Waals surface area contributed by atoms with E-state index in [4.69, 9.17) is 4.74 Å². The summed E-state index contributed by atoms with van der Waals surface area (Å²) >= 11 is 0. The zero-order valence-electron chi connectivity index (χ0n) is 14.0. The second kappa shape index (κ2) is 7.45. The number of rotatable bonds is 5. The van der Waals surface area contributed by atoms with Gasteiger partial charge in [-0.15, -0.1) is 12.4 Å². The van der Waals surface area contributed by atoms with Gasteiger partial charge in [0, 0.05) is 25.2 Å². The topological polar surface area (TPSA) is 102 Å². The van der Waals surface area contributed by atoms with Crippen LogP contribution in [0.2, 0.25) is 0 Å². The van der Waals surface area contributed by atoms with Gasteiger partial charge in [0.2, 0.25) is 10.0 Å². The average Bonchev–Trinajstić information content (AvgIpc) is 2.91. The molecule has 0 aliphatic carbocycles. The van der Waals surface area contributed by atoms with Crippen molar-refractivity contribution in [3.05, 3.63) is 28.3 Å². The molecular weight excluding hydrogens is 370 g/mol. The van der Waals surface area contributed by atoms with Crippen molar-refractivity contribution >= 4 is 28.1 Å². The van der Waals surface area contributed by atoms with Gasteiger partial charge in [0.15, 0.2) is 4.90 Å². The monoisotopic (exact) mass is 391 g/mol. The van der Waals surface area contributed by atoms with Crippen molar-refractivity contribution in [1.82, 2.24) is 9.62 Å². The first-order valence-electron chi connectivity index (χ1n) is 7.89. The van der Waals surface area contributed by atoms with Gasteiger partial charge in [-0.1, -0.05) is 0 Å². The van der Waals surface area contributed by atoms with Gasteiger partial charge >= 0.3 is 0 Å². The van der Waals surface area contributed by atoms with Crippen molar-refractivity contribution < 1.29 is 18.1 Å². The van der Waals surface area contributed by atoms with E-state index in [0.29, 0.717) is 12.1 Å². The molecule has 1 aromatic carbocycles. The zero-order chi connectivity index (χ0) is 17.5. The molecule has 1 aromatic rings. The molecule has 3 rings (SSSR count). The number of nitrogens with one attached hydrogen (secondary N) is 1. The standard InChI is InChI=1S/C15H21N3O5S.ClH/c1-17(12-7-10-3-4-11(8-12)16-10)24(21,22)15-6-5-13(23-2)9-14(15)18(19)20;/h5-6,9-12,16H,3-4,7-8H2,1-2H3;1H. The van der Waals surface area contributed by atoms with Crippen molar-refractivity contribution in [2.45, 2.75) is 48.7 Å². The molecule has 2 bridgehead atoms. The lowest BCUT2D eigenvalue weighted by atomic mass is 10.0. The highest BCUT2D eigenvalue weighted by Gasteiger charge is 2.40. The number of benzene rings is 1. The van der Waals surface area contributed by atoms with Crippen LogP contribution < -0.4 is 10.1 Å². The van der Waals surface area contributed by atoms with Crippen LogP contribution in [0, 0.1) is 10.1 Å².